The fraction of sp³-hybridized carbons (Fsp3) is 0.154. The Labute approximate surface area is 109 Å². The molecule has 2 aromatic rings. The van der Waals surface area contributed by atoms with Gasteiger partial charge in [-0.15, -0.1) is 0 Å². The Morgan fingerprint density at radius 1 is 1.33 bits per heavy atom. The topological polar surface area (TPSA) is 42.4 Å². The van der Waals surface area contributed by atoms with Crippen molar-refractivity contribution < 1.29 is 14.2 Å². The van der Waals surface area contributed by atoms with Gasteiger partial charge in [0.1, 0.15) is 11.6 Å². The van der Waals surface area contributed by atoms with Gasteiger partial charge in [0.15, 0.2) is 0 Å². The smallest absolute Gasteiger partial charge is 0.219 e. The molecule has 0 aliphatic carbocycles. The van der Waals surface area contributed by atoms with Crippen LogP contribution in [0.1, 0.15) is 18.6 Å². The maximum Gasteiger partial charge on any atom is 0.219 e. The molecule has 18 heavy (non-hydrogen) atoms. The highest BCUT2D eigenvalue weighted by molar-refractivity contribution is 6.30. The van der Waals surface area contributed by atoms with Crippen molar-refractivity contribution in [1.29, 1.82) is 0 Å². The minimum Gasteiger partial charge on any atom is -0.439 e. The van der Waals surface area contributed by atoms with Gasteiger partial charge in [-0.2, -0.15) is 0 Å². The summed E-state index contributed by atoms with van der Waals surface area (Å²) in [4.78, 5) is 4.03. The first-order chi connectivity index (χ1) is 8.56. The molecule has 2 rings (SSSR count). The van der Waals surface area contributed by atoms with Crippen molar-refractivity contribution in [3.05, 3.63) is 52.9 Å². The third kappa shape index (κ3) is 2.97. The van der Waals surface area contributed by atoms with Gasteiger partial charge in [0.25, 0.3) is 0 Å². The van der Waals surface area contributed by atoms with Gasteiger partial charge < -0.3 is 9.84 Å². The van der Waals surface area contributed by atoms with Crippen LogP contribution in [-0.4, -0.2) is 10.1 Å². The van der Waals surface area contributed by atoms with Crippen LogP contribution < -0.4 is 4.74 Å². The number of hydrogen-bond acceptors (Lipinski definition) is 3. The average Bonchev–Trinajstić information content (AvgIpc) is 2.34. The van der Waals surface area contributed by atoms with E-state index in [-0.39, 0.29) is 5.02 Å². The van der Waals surface area contributed by atoms with Crippen LogP contribution in [0.2, 0.25) is 5.02 Å². The average molecular weight is 268 g/mol. The molecule has 0 bridgehead atoms. The van der Waals surface area contributed by atoms with Gasteiger partial charge in [-0.25, -0.2) is 9.37 Å². The first-order valence-corrected chi connectivity index (χ1v) is 5.71. The summed E-state index contributed by atoms with van der Waals surface area (Å²) in [5.41, 5.74) is 0.694. The molecule has 0 aliphatic heterocycles. The molecule has 94 valence electrons. The zero-order valence-corrected chi connectivity index (χ0v) is 10.4. The second-order valence-corrected chi connectivity index (χ2v) is 4.19. The summed E-state index contributed by atoms with van der Waals surface area (Å²) in [6.45, 7) is 1.65. The summed E-state index contributed by atoms with van der Waals surface area (Å²) in [5, 5.41) is 9.32. The van der Waals surface area contributed by atoms with E-state index in [2.05, 4.69) is 4.98 Å². The lowest BCUT2D eigenvalue weighted by molar-refractivity contribution is 0.198. The van der Waals surface area contributed by atoms with E-state index in [0.717, 1.165) is 0 Å². The lowest BCUT2D eigenvalue weighted by Gasteiger charge is -2.07. The van der Waals surface area contributed by atoms with Gasteiger partial charge in [0.2, 0.25) is 5.88 Å². The number of benzene rings is 1. The molecule has 0 spiro atoms. The number of pyridine rings is 1. The number of ether oxygens (including phenoxy) is 1. The summed E-state index contributed by atoms with van der Waals surface area (Å²) in [7, 11) is 0. The molecule has 0 radical (unpaired) electrons. The second-order valence-electron chi connectivity index (χ2n) is 3.78. The van der Waals surface area contributed by atoms with Gasteiger partial charge in [-0.3, -0.25) is 0 Å². The first-order valence-electron chi connectivity index (χ1n) is 5.33. The van der Waals surface area contributed by atoms with Gasteiger partial charge in [-0.05, 0) is 30.7 Å². The quantitative estimate of drug-likeness (QED) is 0.922. The molecule has 0 fully saturated rings. The van der Waals surface area contributed by atoms with Gasteiger partial charge in [0.05, 0.1) is 11.1 Å². The van der Waals surface area contributed by atoms with Crippen LogP contribution in [0.3, 0.4) is 0 Å². The van der Waals surface area contributed by atoms with Crippen molar-refractivity contribution in [3.8, 4) is 11.6 Å². The molecule has 1 atom stereocenters. The number of aliphatic hydroxyl groups excluding tert-OH is 1. The van der Waals surface area contributed by atoms with Gasteiger partial charge in [-0.1, -0.05) is 11.6 Å². The third-order valence-electron chi connectivity index (χ3n) is 2.36. The van der Waals surface area contributed by atoms with Gasteiger partial charge in [0, 0.05) is 18.3 Å². The Kier molecular flexibility index (Phi) is 3.79. The number of hydrogen-bond donors (Lipinski definition) is 1. The number of aliphatic hydroxyl groups is 1. The van der Waals surface area contributed by atoms with E-state index in [4.69, 9.17) is 16.3 Å². The highest BCUT2D eigenvalue weighted by atomic mass is 35.5. The fourth-order valence-corrected chi connectivity index (χ4v) is 1.53. The summed E-state index contributed by atoms with van der Waals surface area (Å²) in [6.07, 6.45) is 0.942. The zero-order chi connectivity index (χ0) is 13.1. The number of aromatic nitrogens is 1. The molecule has 5 heteroatoms. The summed E-state index contributed by atoms with van der Waals surface area (Å²) in [5.74, 6) is 0.252. The van der Waals surface area contributed by atoms with E-state index in [1.165, 1.54) is 24.4 Å². The van der Waals surface area contributed by atoms with Crippen LogP contribution in [0.15, 0.2) is 36.5 Å². The Balaban J connectivity index is 2.15. The van der Waals surface area contributed by atoms with Crippen LogP contribution in [-0.2, 0) is 0 Å². The molecule has 1 N–H and O–H groups in total. The molecule has 0 amide bonds. The van der Waals surface area contributed by atoms with Crippen LogP contribution in [0, 0.1) is 5.82 Å². The van der Waals surface area contributed by atoms with Crippen LogP contribution in [0.4, 0.5) is 4.39 Å². The Morgan fingerprint density at radius 2 is 2.11 bits per heavy atom. The van der Waals surface area contributed by atoms with Crippen molar-refractivity contribution in [2.45, 2.75) is 13.0 Å². The van der Waals surface area contributed by atoms with E-state index in [9.17, 15) is 9.50 Å². The van der Waals surface area contributed by atoms with E-state index in [1.54, 1.807) is 19.1 Å². The van der Waals surface area contributed by atoms with Crippen molar-refractivity contribution >= 4 is 11.6 Å². The van der Waals surface area contributed by atoms with Crippen LogP contribution in [0.25, 0.3) is 0 Å². The monoisotopic (exact) mass is 267 g/mol. The molecular formula is C13H11ClFNO2. The lowest BCUT2D eigenvalue weighted by Crippen LogP contribution is -1.93. The Morgan fingerprint density at radius 3 is 2.67 bits per heavy atom. The normalized spacial score (nSPS) is 12.2. The first kappa shape index (κ1) is 12.8. The Bertz CT molecular complexity index is 543. The minimum absolute atomic E-state index is 0.00639. The highest BCUT2D eigenvalue weighted by Gasteiger charge is 2.05. The van der Waals surface area contributed by atoms with Crippen LogP contribution in [0.5, 0.6) is 11.6 Å². The third-order valence-corrected chi connectivity index (χ3v) is 2.64. The molecular weight excluding hydrogens is 257 g/mol. The van der Waals surface area contributed by atoms with Crippen LogP contribution >= 0.6 is 11.6 Å². The van der Waals surface area contributed by atoms with Crippen molar-refractivity contribution in [3.63, 3.8) is 0 Å². The lowest BCUT2D eigenvalue weighted by atomic mass is 10.2. The standard InChI is InChI=1S/C13H11ClFNO2/c1-8(17)9-2-5-13(16-7-9)18-10-3-4-12(15)11(14)6-10/h2-8,17H,1H3. The zero-order valence-electron chi connectivity index (χ0n) is 9.60. The largest absolute Gasteiger partial charge is 0.439 e. The maximum atomic E-state index is 12.9. The predicted octanol–water partition coefficient (Wildman–Crippen LogP) is 3.72. The Hall–Kier alpha value is -1.65. The predicted molar refractivity (Wildman–Crippen MR) is 66.4 cm³/mol. The van der Waals surface area contributed by atoms with E-state index >= 15 is 0 Å². The molecule has 0 aliphatic rings. The highest BCUT2D eigenvalue weighted by Crippen LogP contribution is 2.25. The van der Waals surface area contributed by atoms with Crippen molar-refractivity contribution in [1.82, 2.24) is 4.98 Å². The van der Waals surface area contributed by atoms with Gasteiger partial charge >= 0.3 is 0 Å². The molecule has 1 aromatic carbocycles. The number of nitrogens with zero attached hydrogens (tertiary/aromatic N) is 1. The molecule has 0 saturated heterocycles. The number of halogens is 2. The SMILES string of the molecule is CC(O)c1ccc(Oc2ccc(F)c(Cl)c2)nc1. The summed E-state index contributed by atoms with van der Waals surface area (Å²) >= 11 is 5.64. The summed E-state index contributed by atoms with van der Waals surface area (Å²) < 4.78 is 18.4. The second kappa shape index (κ2) is 5.33. The molecule has 3 nitrogen and oxygen atoms in total. The minimum atomic E-state index is -0.577. The fourth-order valence-electron chi connectivity index (χ4n) is 1.36. The van der Waals surface area contributed by atoms with E-state index < -0.39 is 11.9 Å². The van der Waals surface area contributed by atoms with E-state index in [0.29, 0.717) is 17.2 Å². The number of rotatable bonds is 3. The molecule has 1 aromatic heterocycles. The molecule has 1 heterocycles. The molecule has 0 saturated carbocycles. The van der Waals surface area contributed by atoms with Crippen molar-refractivity contribution in [2.75, 3.05) is 0 Å². The summed E-state index contributed by atoms with van der Waals surface area (Å²) in [6, 6.07) is 7.39. The van der Waals surface area contributed by atoms with Crippen molar-refractivity contribution in [2.24, 2.45) is 0 Å². The maximum absolute atomic E-state index is 12.9. The molecule has 1 unspecified atom stereocenters. The van der Waals surface area contributed by atoms with E-state index in [1.807, 2.05) is 0 Å².